The largest absolute Gasteiger partial charge is 0.339 e. The van der Waals surface area contributed by atoms with Crippen LogP contribution in [0.1, 0.15) is 37.0 Å². The third-order valence-electron chi connectivity index (χ3n) is 3.42. The molecule has 1 N–H and O–H groups in total. The van der Waals surface area contributed by atoms with Crippen LogP contribution >= 0.6 is 15.9 Å². The topological polar surface area (TPSA) is 45.2 Å². The van der Waals surface area contributed by atoms with E-state index in [1.807, 2.05) is 41.3 Å². The molecule has 5 heteroatoms. The van der Waals surface area contributed by atoms with Gasteiger partial charge in [0, 0.05) is 23.8 Å². The van der Waals surface area contributed by atoms with Crippen LogP contribution in [0.5, 0.6) is 0 Å². The first-order chi connectivity index (χ1) is 11.2. The lowest BCUT2D eigenvalue weighted by Gasteiger charge is -2.21. The first-order valence-electron chi connectivity index (χ1n) is 7.92. The number of aromatic nitrogens is 1. The van der Waals surface area contributed by atoms with Crippen LogP contribution in [0.3, 0.4) is 0 Å². The van der Waals surface area contributed by atoms with Gasteiger partial charge < -0.3 is 10.2 Å². The first-order valence-corrected chi connectivity index (χ1v) is 8.71. The second kappa shape index (κ2) is 8.67. The summed E-state index contributed by atoms with van der Waals surface area (Å²) in [5, 5.41) is 3.23. The minimum absolute atomic E-state index is 0.0497. The van der Waals surface area contributed by atoms with E-state index in [4.69, 9.17) is 0 Å². The molecule has 0 aliphatic carbocycles. The van der Waals surface area contributed by atoms with Gasteiger partial charge in [0.1, 0.15) is 5.82 Å². The maximum Gasteiger partial charge on any atom is 0.255 e. The van der Waals surface area contributed by atoms with Gasteiger partial charge in [0.05, 0.1) is 11.3 Å². The van der Waals surface area contributed by atoms with Crippen molar-refractivity contribution >= 4 is 33.3 Å². The number of carbonyl (C=O) groups is 1. The Labute approximate surface area is 146 Å². The number of pyridine rings is 1. The predicted molar refractivity (Wildman–Crippen MR) is 98.1 cm³/mol. The van der Waals surface area contributed by atoms with Gasteiger partial charge in [0.25, 0.3) is 5.91 Å². The molecule has 1 amide bonds. The van der Waals surface area contributed by atoms with Gasteiger partial charge >= 0.3 is 0 Å². The Balaban J connectivity index is 2.09. The van der Waals surface area contributed by atoms with Crippen LogP contribution in [0.4, 0.5) is 11.5 Å². The Hall–Kier alpha value is -1.88. The molecule has 0 saturated carbocycles. The highest BCUT2D eigenvalue weighted by Crippen LogP contribution is 2.24. The number of rotatable bonds is 7. The molecule has 0 saturated heterocycles. The molecule has 122 valence electrons. The number of hydrogen-bond acceptors (Lipinski definition) is 3. The van der Waals surface area contributed by atoms with Gasteiger partial charge in [-0.25, -0.2) is 4.98 Å². The maximum atomic E-state index is 12.5. The van der Waals surface area contributed by atoms with Crippen LogP contribution in [-0.2, 0) is 0 Å². The van der Waals surface area contributed by atoms with Crippen molar-refractivity contribution < 1.29 is 4.79 Å². The van der Waals surface area contributed by atoms with E-state index < -0.39 is 0 Å². The zero-order valence-electron chi connectivity index (χ0n) is 13.6. The molecule has 2 aromatic rings. The summed E-state index contributed by atoms with van der Waals surface area (Å²) in [6.07, 6.45) is 3.56. The van der Waals surface area contributed by atoms with Crippen molar-refractivity contribution in [3.63, 3.8) is 0 Å². The van der Waals surface area contributed by atoms with Crippen molar-refractivity contribution in [1.29, 1.82) is 0 Å². The highest BCUT2D eigenvalue weighted by Gasteiger charge is 2.14. The monoisotopic (exact) mass is 375 g/mol. The fourth-order valence-electron chi connectivity index (χ4n) is 2.33. The first kappa shape index (κ1) is 17.5. The summed E-state index contributed by atoms with van der Waals surface area (Å²) >= 11 is 3.49. The fraction of sp³-hybridized carbons (Fsp3) is 0.333. The molecule has 0 spiro atoms. The molecular formula is C18H22BrN3O. The lowest BCUT2D eigenvalue weighted by Crippen LogP contribution is -2.32. The van der Waals surface area contributed by atoms with E-state index in [9.17, 15) is 4.79 Å². The van der Waals surface area contributed by atoms with Crippen LogP contribution in [0.25, 0.3) is 0 Å². The van der Waals surface area contributed by atoms with Crippen molar-refractivity contribution in [1.82, 2.24) is 9.88 Å². The Morgan fingerprint density at radius 2 is 1.83 bits per heavy atom. The van der Waals surface area contributed by atoms with E-state index in [1.54, 1.807) is 6.20 Å². The van der Waals surface area contributed by atoms with Crippen molar-refractivity contribution in [2.24, 2.45) is 0 Å². The number of benzene rings is 1. The third-order valence-corrected chi connectivity index (χ3v) is 4.11. The molecule has 0 unspecified atom stereocenters. The van der Waals surface area contributed by atoms with Crippen molar-refractivity contribution in [3.8, 4) is 0 Å². The number of nitrogens with one attached hydrogen (secondary N) is 1. The summed E-state index contributed by atoms with van der Waals surface area (Å²) in [4.78, 5) is 18.8. The second-order valence-corrected chi connectivity index (χ2v) is 6.18. The minimum Gasteiger partial charge on any atom is -0.339 e. The summed E-state index contributed by atoms with van der Waals surface area (Å²) in [7, 11) is 0. The normalized spacial score (nSPS) is 10.4. The van der Waals surface area contributed by atoms with Gasteiger partial charge in [-0.15, -0.1) is 0 Å². The highest BCUT2D eigenvalue weighted by molar-refractivity contribution is 9.10. The van der Waals surface area contributed by atoms with Crippen LogP contribution in [0, 0.1) is 0 Å². The molecule has 1 aromatic heterocycles. The highest BCUT2D eigenvalue weighted by atomic mass is 79.9. The van der Waals surface area contributed by atoms with Gasteiger partial charge in [-0.1, -0.05) is 26.0 Å². The average molecular weight is 376 g/mol. The molecular weight excluding hydrogens is 354 g/mol. The van der Waals surface area contributed by atoms with Crippen molar-refractivity contribution in [3.05, 3.63) is 52.6 Å². The Morgan fingerprint density at radius 1 is 1.13 bits per heavy atom. The molecule has 2 rings (SSSR count). The molecule has 0 atom stereocenters. The molecule has 0 aliphatic heterocycles. The van der Waals surface area contributed by atoms with Crippen LogP contribution in [0.2, 0.25) is 0 Å². The Bertz CT molecular complexity index is 637. The van der Waals surface area contributed by atoms with E-state index in [1.165, 1.54) is 0 Å². The predicted octanol–water partition coefficient (Wildman–Crippen LogP) is 4.85. The van der Waals surface area contributed by atoms with Crippen LogP contribution in [-0.4, -0.2) is 28.9 Å². The van der Waals surface area contributed by atoms with Gasteiger partial charge in [-0.2, -0.15) is 0 Å². The Kier molecular flexibility index (Phi) is 6.59. The van der Waals surface area contributed by atoms with Crippen LogP contribution in [0.15, 0.2) is 47.1 Å². The van der Waals surface area contributed by atoms with E-state index in [-0.39, 0.29) is 5.91 Å². The van der Waals surface area contributed by atoms with Gasteiger partial charge in [0.2, 0.25) is 0 Å². The van der Waals surface area contributed by atoms with E-state index >= 15 is 0 Å². The quantitative estimate of drug-likeness (QED) is 0.751. The summed E-state index contributed by atoms with van der Waals surface area (Å²) in [6.45, 7) is 5.73. The molecule has 1 heterocycles. The van der Waals surface area contributed by atoms with E-state index in [2.05, 4.69) is 40.1 Å². The molecule has 23 heavy (non-hydrogen) atoms. The molecule has 4 nitrogen and oxygen atoms in total. The number of para-hydroxylation sites is 1. The van der Waals surface area contributed by atoms with Crippen molar-refractivity contribution in [2.75, 3.05) is 18.4 Å². The Morgan fingerprint density at radius 3 is 2.39 bits per heavy atom. The van der Waals surface area contributed by atoms with E-state index in [0.29, 0.717) is 11.4 Å². The van der Waals surface area contributed by atoms with E-state index in [0.717, 1.165) is 36.1 Å². The lowest BCUT2D eigenvalue weighted by atomic mass is 10.2. The summed E-state index contributed by atoms with van der Waals surface area (Å²) < 4.78 is 0.971. The minimum atomic E-state index is 0.0497. The maximum absolute atomic E-state index is 12.5. The van der Waals surface area contributed by atoms with Gasteiger partial charge in [-0.05, 0) is 53.0 Å². The molecule has 0 fully saturated rings. The lowest BCUT2D eigenvalue weighted by molar-refractivity contribution is 0.0755. The summed E-state index contributed by atoms with van der Waals surface area (Å²) in [6, 6.07) is 11.5. The number of carbonyl (C=O) groups excluding carboxylic acids is 1. The van der Waals surface area contributed by atoms with Crippen molar-refractivity contribution in [2.45, 2.75) is 26.7 Å². The SMILES string of the molecule is CCCN(CCC)C(=O)c1ccc(Nc2ccccc2Br)nc1. The summed E-state index contributed by atoms with van der Waals surface area (Å²) in [5.74, 6) is 0.764. The fourth-order valence-corrected chi connectivity index (χ4v) is 2.72. The standard InChI is InChI=1S/C18H22BrN3O/c1-3-11-22(12-4-2)18(23)14-9-10-17(20-13-14)21-16-8-6-5-7-15(16)19/h5-10,13H,3-4,11-12H2,1-2H3,(H,20,21). The third kappa shape index (κ3) is 4.79. The van der Waals surface area contributed by atoms with Gasteiger partial charge in [0.15, 0.2) is 0 Å². The van der Waals surface area contributed by atoms with Crippen LogP contribution < -0.4 is 5.32 Å². The number of hydrogen-bond donors (Lipinski definition) is 1. The zero-order valence-corrected chi connectivity index (χ0v) is 15.1. The summed E-state index contributed by atoms with van der Waals surface area (Å²) in [5.41, 5.74) is 1.57. The zero-order chi connectivity index (χ0) is 16.7. The molecule has 0 radical (unpaired) electrons. The van der Waals surface area contributed by atoms with Gasteiger partial charge in [-0.3, -0.25) is 4.79 Å². The smallest absolute Gasteiger partial charge is 0.255 e. The molecule has 0 bridgehead atoms. The average Bonchev–Trinajstić information content (AvgIpc) is 2.57. The number of anilines is 2. The number of halogens is 1. The molecule has 0 aliphatic rings. The number of amides is 1. The number of nitrogens with zero attached hydrogens (tertiary/aromatic N) is 2. The molecule has 1 aromatic carbocycles. The second-order valence-electron chi connectivity index (χ2n) is 5.33.